The average molecular weight is 294 g/mol. The molecule has 0 aromatic heterocycles. The lowest BCUT2D eigenvalue weighted by Gasteiger charge is -2.25. The van der Waals surface area contributed by atoms with Gasteiger partial charge in [-0.2, -0.15) is 0 Å². The first-order chi connectivity index (χ1) is 9.85. The van der Waals surface area contributed by atoms with Gasteiger partial charge < -0.3 is 15.4 Å². The molecule has 120 valence electrons. The molecular weight excluding hydrogens is 264 g/mol. The van der Waals surface area contributed by atoms with Crippen LogP contribution in [0.3, 0.4) is 0 Å². The number of rotatable bonds is 6. The highest BCUT2D eigenvalue weighted by molar-refractivity contribution is 5.67. The molecule has 0 aromatic carbocycles. The SMILES string of the molecule is C#CC(CCC)NC1CCCC1CNC(=O)OC(C)(C)C. The Bertz CT molecular complexity index is 368. The first kappa shape index (κ1) is 17.8. The molecule has 1 aliphatic rings. The van der Waals surface area contributed by atoms with E-state index in [-0.39, 0.29) is 12.1 Å². The number of carbonyl (C=O) groups is 1. The predicted molar refractivity (Wildman–Crippen MR) is 86.0 cm³/mol. The van der Waals surface area contributed by atoms with Crippen molar-refractivity contribution in [3.8, 4) is 12.3 Å². The van der Waals surface area contributed by atoms with Gasteiger partial charge in [0, 0.05) is 12.6 Å². The van der Waals surface area contributed by atoms with Gasteiger partial charge in [-0.15, -0.1) is 6.42 Å². The summed E-state index contributed by atoms with van der Waals surface area (Å²) < 4.78 is 5.27. The van der Waals surface area contributed by atoms with Gasteiger partial charge in [-0.1, -0.05) is 25.7 Å². The van der Waals surface area contributed by atoms with E-state index < -0.39 is 5.60 Å². The second-order valence-electron chi connectivity index (χ2n) is 6.85. The zero-order valence-electron chi connectivity index (χ0n) is 13.9. The molecule has 4 heteroatoms. The van der Waals surface area contributed by atoms with Crippen molar-refractivity contribution in [1.82, 2.24) is 10.6 Å². The van der Waals surface area contributed by atoms with Crippen LogP contribution >= 0.6 is 0 Å². The fraction of sp³-hybridized carbons (Fsp3) is 0.824. The van der Waals surface area contributed by atoms with Crippen LogP contribution in [0.4, 0.5) is 4.79 Å². The molecule has 21 heavy (non-hydrogen) atoms. The molecule has 0 aromatic rings. The van der Waals surface area contributed by atoms with E-state index in [4.69, 9.17) is 11.2 Å². The van der Waals surface area contributed by atoms with Crippen molar-refractivity contribution in [1.29, 1.82) is 0 Å². The maximum absolute atomic E-state index is 11.7. The maximum Gasteiger partial charge on any atom is 0.407 e. The summed E-state index contributed by atoms with van der Waals surface area (Å²) in [4.78, 5) is 11.7. The Morgan fingerprint density at radius 3 is 2.71 bits per heavy atom. The second-order valence-corrected chi connectivity index (χ2v) is 6.85. The number of amides is 1. The number of nitrogens with one attached hydrogen (secondary N) is 2. The standard InChI is InChI=1S/C17H30N2O2/c1-6-9-14(7-2)19-15-11-8-10-13(15)12-18-16(20)21-17(3,4)5/h2,13-15,19H,6,8-12H2,1,3-5H3,(H,18,20). The Balaban J connectivity index is 2.40. The Labute approximate surface area is 129 Å². The molecule has 0 heterocycles. The smallest absolute Gasteiger partial charge is 0.407 e. The molecule has 2 N–H and O–H groups in total. The molecule has 4 nitrogen and oxygen atoms in total. The monoisotopic (exact) mass is 294 g/mol. The number of ether oxygens (including phenoxy) is 1. The molecule has 0 saturated heterocycles. The van der Waals surface area contributed by atoms with Crippen LogP contribution in [0, 0.1) is 18.3 Å². The highest BCUT2D eigenvalue weighted by Crippen LogP contribution is 2.26. The summed E-state index contributed by atoms with van der Waals surface area (Å²) in [6.45, 7) is 8.40. The second kappa shape index (κ2) is 8.29. The van der Waals surface area contributed by atoms with Gasteiger partial charge in [-0.3, -0.25) is 0 Å². The fourth-order valence-electron chi connectivity index (χ4n) is 2.79. The van der Waals surface area contributed by atoms with Crippen LogP contribution in [0.5, 0.6) is 0 Å². The summed E-state index contributed by atoms with van der Waals surface area (Å²) in [5.74, 6) is 3.26. The molecule has 0 bridgehead atoms. The number of alkyl carbamates (subject to hydrolysis) is 1. The van der Waals surface area contributed by atoms with Crippen LogP contribution < -0.4 is 10.6 Å². The van der Waals surface area contributed by atoms with Gasteiger partial charge in [-0.05, 0) is 46.0 Å². The molecule has 3 unspecified atom stereocenters. The predicted octanol–water partition coefficient (Wildman–Crippen LogP) is 3.07. The molecule has 1 aliphatic carbocycles. The summed E-state index contributed by atoms with van der Waals surface area (Å²) >= 11 is 0. The van der Waals surface area contributed by atoms with E-state index in [0.29, 0.717) is 18.5 Å². The lowest BCUT2D eigenvalue weighted by molar-refractivity contribution is 0.0517. The molecule has 3 atom stereocenters. The normalized spacial score (nSPS) is 23.4. The van der Waals surface area contributed by atoms with E-state index in [0.717, 1.165) is 25.7 Å². The molecule has 1 saturated carbocycles. The Morgan fingerprint density at radius 1 is 1.43 bits per heavy atom. The van der Waals surface area contributed by atoms with Crippen LogP contribution in [-0.4, -0.2) is 30.3 Å². The fourth-order valence-corrected chi connectivity index (χ4v) is 2.79. The van der Waals surface area contributed by atoms with Gasteiger partial charge in [0.15, 0.2) is 0 Å². The summed E-state index contributed by atoms with van der Waals surface area (Å²) in [7, 11) is 0. The van der Waals surface area contributed by atoms with Crippen LogP contribution in [0.15, 0.2) is 0 Å². The van der Waals surface area contributed by atoms with E-state index in [1.165, 1.54) is 6.42 Å². The quantitative estimate of drug-likeness (QED) is 0.740. The van der Waals surface area contributed by atoms with Gasteiger partial charge in [-0.25, -0.2) is 4.79 Å². The maximum atomic E-state index is 11.7. The first-order valence-corrected chi connectivity index (χ1v) is 8.04. The number of terminal acetylenes is 1. The van der Waals surface area contributed by atoms with Crippen LogP contribution in [0.25, 0.3) is 0 Å². The average Bonchev–Trinajstić information content (AvgIpc) is 2.81. The van der Waals surface area contributed by atoms with Crippen molar-refractivity contribution in [2.75, 3.05) is 6.54 Å². The Kier molecular flexibility index (Phi) is 7.04. The highest BCUT2D eigenvalue weighted by Gasteiger charge is 2.29. The third-order valence-electron chi connectivity index (χ3n) is 3.76. The van der Waals surface area contributed by atoms with Crippen molar-refractivity contribution in [3.05, 3.63) is 0 Å². The lowest BCUT2D eigenvalue weighted by Crippen LogP contribution is -2.44. The van der Waals surface area contributed by atoms with E-state index in [1.807, 2.05) is 20.8 Å². The van der Waals surface area contributed by atoms with Gasteiger partial charge in [0.1, 0.15) is 5.60 Å². The van der Waals surface area contributed by atoms with Crippen molar-refractivity contribution >= 4 is 6.09 Å². The first-order valence-electron chi connectivity index (χ1n) is 8.04. The van der Waals surface area contributed by atoms with Crippen molar-refractivity contribution < 1.29 is 9.53 Å². The molecule has 0 aliphatic heterocycles. The van der Waals surface area contributed by atoms with Crippen molar-refractivity contribution in [3.63, 3.8) is 0 Å². The van der Waals surface area contributed by atoms with E-state index in [1.54, 1.807) is 0 Å². The molecule has 0 radical (unpaired) electrons. The summed E-state index contributed by atoms with van der Waals surface area (Å²) in [5, 5.41) is 6.44. The summed E-state index contributed by atoms with van der Waals surface area (Å²) in [6, 6.07) is 0.537. The van der Waals surface area contributed by atoms with Crippen LogP contribution in [0.2, 0.25) is 0 Å². The van der Waals surface area contributed by atoms with Gasteiger partial charge in [0.25, 0.3) is 0 Å². The van der Waals surface area contributed by atoms with E-state index in [2.05, 4.69) is 23.5 Å². The number of hydrogen-bond donors (Lipinski definition) is 2. The molecule has 1 amide bonds. The zero-order valence-corrected chi connectivity index (χ0v) is 13.9. The molecule has 1 fully saturated rings. The van der Waals surface area contributed by atoms with Gasteiger partial charge in [0.2, 0.25) is 0 Å². The van der Waals surface area contributed by atoms with Crippen LogP contribution in [-0.2, 0) is 4.74 Å². The minimum absolute atomic E-state index is 0.141. The molecular formula is C17H30N2O2. The van der Waals surface area contributed by atoms with Crippen molar-refractivity contribution in [2.24, 2.45) is 5.92 Å². The lowest BCUT2D eigenvalue weighted by atomic mass is 10.0. The van der Waals surface area contributed by atoms with Crippen molar-refractivity contribution in [2.45, 2.75) is 77.5 Å². The number of carbonyl (C=O) groups excluding carboxylic acids is 1. The third-order valence-corrected chi connectivity index (χ3v) is 3.76. The minimum atomic E-state index is -0.451. The topological polar surface area (TPSA) is 50.4 Å². The Hall–Kier alpha value is -1.21. The molecule has 0 spiro atoms. The highest BCUT2D eigenvalue weighted by atomic mass is 16.6. The minimum Gasteiger partial charge on any atom is -0.444 e. The van der Waals surface area contributed by atoms with Gasteiger partial charge >= 0.3 is 6.09 Å². The number of hydrogen-bond acceptors (Lipinski definition) is 3. The van der Waals surface area contributed by atoms with Gasteiger partial charge in [0.05, 0.1) is 6.04 Å². The summed E-state index contributed by atoms with van der Waals surface area (Å²) in [5.41, 5.74) is -0.451. The zero-order chi connectivity index (χ0) is 15.9. The Morgan fingerprint density at radius 2 is 2.14 bits per heavy atom. The largest absolute Gasteiger partial charge is 0.444 e. The third kappa shape index (κ3) is 6.86. The summed E-state index contributed by atoms with van der Waals surface area (Å²) in [6.07, 6.45) is 10.7. The van der Waals surface area contributed by atoms with E-state index in [9.17, 15) is 4.79 Å². The van der Waals surface area contributed by atoms with Crippen LogP contribution in [0.1, 0.15) is 59.8 Å². The van der Waals surface area contributed by atoms with E-state index >= 15 is 0 Å². The molecule has 1 rings (SSSR count).